The van der Waals surface area contributed by atoms with Crippen LogP contribution in [-0.4, -0.2) is 81.0 Å². The summed E-state index contributed by atoms with van der Waals surface area (Å²) < 4.78 is -0.629. The van der Waals surface area contributed by atoms with E-state index in [1.165, 1.54) is 4.90 Å². The van der Waals surface area contributed by atoms with Gasteiger partial charge in [-0.25, -0.2) is 4.98 Å². The number of benzene rings is 1. The predicted octanol–water partition coefficient (Wildman–Crippen LogP) is 5.29. The molecule has 1 aromatic heterocycles. The van der Waals surface area contributed by atoms with Gasteiger partial charge in [0.1, 0.15) is 12.1 Å². The van der Waals surface area contributed by atoms with Crippen LogP contribution in [0, 0.1) is 6.92 Å². The molecule has 3 rings (SSSR count). The second kappa shape index (κ2) is 21.6. The van der Waals surface area contributed by atoms with Crippen molar-refractivity contribution in [1.82, 2.24) is 20.5 Å². The van der Waals surface area contributed by atoms with E-state index in [9.17, 15) is 19.5 Å². The summed E-state index contributed by atoms with van der Waals surface area (Å²) in [5.41, 5.74) is 16.0. The van der Waals surface area contributed by atoms with Gasteiger partial charge in [0, 0.05) is 30.7 Å². The molecule has 1 aliphatic rings. The average molecular weight is 717 g/mol. The molecule has 2 aromatic rings. The summed E-state index contributed by atoms with van der Waals surface area (Å²) in [6.45, 7) is 7.73. The summed E-state index contributed by atoms with van der Waals surface area (Å²) in [7, 11) is 0. The molecule has 2 heterocycles. The second-order valence-corrected chi connectivity index (χ2v) is 16.4. The van der Waals surface area contributed by atoms with E-state index in [0.29, 0.717) is 19.5 Å². The highest BCUT2D eigenvalue weighted by Crippen LogP contribution is 2.33. The van der Waals surface area contributed by atoms with Crippen LogP contribution in [0.15, 0.2) is 29.8 Å². The SMILES string of the molecule is Cc1ncsc1-c1ccc(CNC(=O)[C@@H]2C[C@@H](O)CN2C(=O)C(NC(=O)CCCCCCCCCN)C(C)(C)SCCCCCCN)cc1. The summed E-state index contributed by atoms with van der Waals surface area (Å²) in [5.74, 6) is 0.0507. The fraction of sp³-hybridized carbons (Fsp3) is 0.676. The Labute approximate surface area is 302 Å². The number of amides is 3. The van der Waals surface area contributed by atoms with E-state index in [1.807, 2.05) is 50.5 Å². The lowest BCUT2D eigenvalue weighted by molar-refractivity contribution is -0.142. The Morgan fingerprint density at radius 1 is 0.980 bits per heavy atom. The van der Waals surface area contributed by atoms with E-state index < -0.39 is 22.9 Å². The van der Waals surface area contributed by atoms with E-state index in [2.05, 4.69) is 15.6 Å². The third-order valence-electron chi connectivity index (χ3n) is 9.22. The first-order valence-electron chi connectivity index (χ1n) is 18.2. The summed E-state index contributed by atoms with van der Waals surface area (Å²) in [4.78, 5) is 48.0. The van der Waals surface area contributed by atoms with Gasteiger partial charge < -0.3 is 32.1 Å². The van der Waals surface area contributed by atoms with E-state index in [-0.39, 0.29) is 30.7 Å². The van der Waals surface area contributed by atoms with Crippen molar-refractivity contribution in [2.75, 3.05) is 25.4 Å². The first-order chi connectivity index (χ1) is 23.6. The number of nitrogens with zero attached hydrogens (tertiary/aromatic N) is 2. The van der Waals surface area contributed by atoms with Gasteiger partial charge in [0.15, 0.2) is 0 Å². The number of carbonyl (C=O) groups excluding carboxylic acids is 3. The average Bonchev–Trinajstić information content (AvgIpc) is 3.70. The summed E-state index contributed by atoms with van der Waals surface area (Å²) >= 11 is 3.26. The Balaban J connectivity index is 1.64. The number of rotatable bonds is 23. The van der Waals surface area contributed by atoms with Crippen molar-refractivity contribution in [1.29, 1.82) is 0 Å². The molecule has 3 amide bonds. The molecule has 12 heteroatoms. The molecule has 1 fully saturated rings. The van der Waals surface area contributed by atoms with Crippen molar-refractivity contribution in [2.45, 2.75) is 134 Å². The Morgan fingerprint density at radius 3 is 2.20 bits per heavy atom. The van der Waals surface area contributed by atoms with E-state index in [1.54, 1.807) is 23.1 Å². The van der Waals surface area contributed by atoms with Crippen molar-refractivity contribution >= 4 is 40.8 Å². The number of aromatic nitrogens is 1. The molecule has 7 N–H and O–H groups in total. The highest BCUT2D eigenvalue weighted by Gasteiger charge is 2.46. The lowest BCUT2D eigenvalue weighted by Crippen LogP contribution is -2.59. The van der Waals surface area contributed by atoms with Crippen molar-refractivity contribution in [3.05, 3.63) is 41.0 Å². The molecule has 0 aliphatic carbocycles. The predicted molar refractivity (Wildman–Crippen MR) is 202 cm³/mol. The molecule has 0 bridgehead atoms. The number of β-amino-alcohol motifs (C(OH)–C–C–N with tert-alkyl or cyclic N) is 1. The van der Waals surface area contributed by atoms with Crippen LogP contribution in [-0.2, 0) is 20.9 Å². The minimum absolute atomic E-state index is 0.0518. The van der Waals surface area contributed by atoms with E-state index in [4.69, 9.17) is 11.5 Å². The highest BCUT2D eigenvalue weighted by molar-refractivity contribution is 8.00. The maximum atomic E-state index is 14.3. The van der Waals surface area contributed by atoms with Crippen LogP contribution >= 0.6 is 23.1 Å². The van der Waals surface area contributed by atoms with Gasteiger partial charge >= 0.3 is 0 Å². The number of aliphatic hydroxyl groups excluding tert-OH is 1. The molecular formula is C37H60N6O4S2. The Kier molecular flexibility index (Phi) is 18.1. The number of likely N-dealkylation sites (tertiary alicyclic amines) is 1. The van der Waals surface area contributed by atoms with Crippen LogP contribution in [0.2, 0.25) is 0 Å². The quantitative estimate of drug-likeness (QED) is 0.0969. The number of unbranched alkanes of at least 4 members (excludes halogenated alkanes) is 9. The van der Waals surface area contributed by atoms with Crippen molar-refractivity contribution < 1.29 is 19.5 Å². The third kappa shape index (κ3) is 13.6. The molecule has 0 radical (unpaired) electrons. The van der Waals surface area contributed by atoms with E-state index >= 15 is 0 Å². The van der Waals surface area contributed by atoms with Gasteiger partial charge in [-0.15, -0.1) is 11.3 Å². The van der Waals surface area contributed by atoms with Gasteiger partial charge in [0.25, 0.3) is 0 Å². The third-order valence-corrected chi connectivity index (χ3v) is 11.7. The maximum Gasteiger partial charge on any atom is 0.247 e. The first kappa shape index (κ1) is 40.9. The largest absolute Gasteiger partial charge is 0.391 e. The molecule has 274 valence electrons. The molecule has 1 saturated heterocycles. The van der Waals surface area contributed by atoms with Gasteiger partial charge in [-0.1, -0.05) is 69.2 Å². The topological polar surface area (TPSA) is 164 Å². The van der Waals surface area contributed by atoms with Crippen LogP contribution in [0.1, 0.15) is 109 Å². The van der Waals surface area contributed by atoms with Crippen LogP contribution in [0.5, 0.6) is 0 Å². The van der Waals surface area contributed by atoms with Crippen molar-refractivity contribution in [2.24, 2.45) is 11.5 Å². The zero-order valence-electron chi connectivity index (χ0n) is 29.9. The number of hydrogen-bond donors (Lipinski definition) is 5. The van der Waals surface area contributed by atoms with Crippen molar-refractivity contribution in [3.63, 3.8) is 0 Å². The second-order valence-electron chi connectivity index (χ2n) is 13.7. The number of carbonyl (C=O) groups is 3. The van der Waals surface area contributed by atoms with Crippen LogP contribution in [0.3, 0.4) is 0 Å². The first-order valence-corrected chi connectivity index (χ1v) is 20.0. The molecule has 10 nitrogen and oxygen atoms in total. The van der Waals surface area contributed by atoms with Gasteiger partial charge in [-0.05, 0) is 76.4 Å². The molecule has 1 aromatic carbocycles. The number of aliphatic hydroxyl groups is 1. The number of nitrogens with two attached hydrogens (primary N) is 2. The molecule has 49 heavy (non-hydrogen) atoms. The standard InChI is InChI=1S/C37H60N6O4S2/c1-27-33(48-26-41-27)29-18-16-28(17-19-29)24-40-35(46)31-23-30(44)25-43(31)36(47)34(37(2,3)49-22-14-10-9-13-21-39)42-32(45)15-11-7-5-4-6-8-12-20-38/h16-19,26,30-31,34,44H,4-15,20-25,38-39H2,1-3H3,(H,40,46)(H,42,45)/t30-,31+,34?/m1/s1. The van der Waals surface area contributed by atoms with Crippen LogP contribution < -0.4 is 22.1 Å². The molecule has 0 spiro atoms. The monoisotopic (exact) mass is 716 g/mol. The van der Waals surface area contributed by atoms with Gasteiger partial charge in [0.05, 0.1) is 22.2 Å². The Morgan fingerprint density at radius 2 is 1.59 bits per heavy atom. The minimum atomic E-state index is -0.839. The zero-order valence-corrected chi connectivity index (χ0v) is 31.5. The van der Waals surface area contributed by atoms with Gasteiger partial charge in [-0.3, -0.25) is 14.4 Å². The fourth-order valence-electron chi connectivity index (χ4n) is 6.23. The summed E-state index contributed by atoms with van der Waals surface area (Å²) in [6.07, 6.45) is 11.1. The fourth-order valence-corrected chi connectivity index (χ4v) is 8.24. The zero-order chi connectivity index (χ0) is 35.6. The van der Waals surface area contributed by atoms with Crippen LogP contribution in [0.4, 0.5) is 0 Å². The number of nitrogens with one attached hydrogen (secondary N) is 2. The van der Waals surface area contributed by atoms with Crippen molar-refractivity contribution in [3.8, 4) is 10.4 Å². The lowest BCUT2D eigenvalue weighted by Gasteiger charge is -2.37. The summed E-state index contributed by atoms with van der Waals surface area (Å²) in [5, 5.41) is 16.7. The van der Waals surface area contributed by atoms with Gasteiger partial charge in [0.2, 0.25) is 17.7 Å². The molecule has 3 atom stereocenters. The van der Waals surface area contributed by atoms with Gasteiger partial charge in [-0.2, -0.15) is 11.8 Å². The minimum Gasteiger partial charge on any atom is -0.391 e. The normalized spacial score (nSPS) is 16.9. The number of thioether (sulfide) groups is 1. The molecular weight excluding hydrogens is 657 g/mol. The highest BCUT2D eigenvalue weighted by atomic mass is 32.2. The number of aryl methyl sites for hydroxylation is 1. The Hall–Kier alpha value is -2.51. The molecule has 1 unspecified atom stereocenters. The Bertz CT molecular complexity index is 1290. The number of thiazole rings is 1. The van der Waals surface area contributed by atoms with Crippen LogP contribution in [0.25, 0.3) is 10.4 Å². The van der Waals surface area contributed by atoms with E-state index in [0.717, 1.165) is 105 Å². The smallest absolute Gasteiger partial charge is 0.247 e. The lowest BCUT2D eigenvalue weighted by atomic mass is 10.00. The summed E-state index contributed by atoms with van der Waals surface area (Å²) in [6, 6.07) is 6.33. The molecule has 0 saturated carbocycles. The number of hydrogen-bond acceptors (Lipinski definition) is 9. The maximum absolute atomic E-state index is 14.3. The molecule has 1 aliphatic heterocycles.